The average molecular weight is 121 g/mol. The molecule has 0 amide bonds. The van der Waals surface area contributed by atoms with Crippen molar-refractivity contribution in [2.75, 3.05) is 0 Å². The van der Waals surface area contributed by atoms with Gasteiger partial charge in [-0.15, -0.1) is 10.2 Å². The van der Waals surface area contributed by atoms with Crippen LogP contribution in [0.25, 0.3) is 11.2 Å². The number of aromatic amines is 1. The number of aromatic nitrogens is 5. The number of fused-ring (bicyclic) bond motifs is 1. The number of hydrogen-bond donors (Lipinski definition) is 1. The van der Waals surface area contributed by atoms with Gasteiger partial charge >= 0.3 is 0 Å². The van der Waals surface area contributed by atoms with Crippen LogP contribution in [0.1, 0.15) is 0 Å². The van der Waals surface area contributed by atoms with E-state index < -0.39 is 0 Å². The zero-order valence-corrected chi connectivity index (χ0v) is 4.44. The minimum atomic E-state index is 0.553. The largest absolute Gasteiger partial charge is 0.281 e. The minimum Gasteiger partial charge on any atom is -0.281 e. The summed E-state index contributed by atoms with van der Waals surface area (Å²) in [5.41, 5.74) is 1.29. The molecule has 0 aromatic carbocycles. The van der Waals surface area contributed by atoms with E-state index in [1.807, 2.05) is 0 Å². The van der Waals surface area contributed by atoms with Crippen molar-refractivity contribution in [3.63, 3.8) is 0 Å². The Balaban J connectivity index is 2.95. The number of rotatable bonds is 0. The zero-order valence-electron chi connectivity index (χ0n) is 4.44. The van der Waals surface area contributed by atoms with Gasteiger partial charge in [0.05, 0.1) is 0 Å². The Morgan fingerprint density at radius 1 is 1.44 bits per heavy atom. The highest BCUT2D eigenvalue weighted by molar-refractivity contribution is 5.66. The first-order valence-electron chi connectivity index (χ1n) is 2.44. The van der Waals surface area contributed by atoms with Crippen LogP contribution in [0.5, 0.6) is 0 Å². The van der Waals surface area contributed by atoms with Crippen molar-refractivity contribution in [1.82, 2.24) is 25.4 Å². The molecule has 0 spiro atoms. The van der Waals surface area contributed by atoms with E-state index in [0.29, 0.717) is 5.65 Å². The number of H-pyrrole nitrogens is 1. The van der Waals surface area contributed by atoms with Gasteiger partial charge in [0.2, 0.25) is 5.65 Å². The van der Waals surface area contributed by atoms with Gasteiger partial charge in [0.25, 0.3) is 0 Å². The van der Waals surface area contributed by atoms with E-state index in [-0.39, 0.29) is 0 Å². The van der Waals surface area contributed by atoms with Gasteiger partial charge < -0.3 is 0 Å². The molecular formula is C4H3N5. The SMILES string of the molecule is c1nnc2n[nH]cc2n1. The Morgan fingerprint density at radius 3 is 3.33 bits per heavy atom. The van der Waals surface area contributed by atoms with Crippen molar-refractivity contribution in [3.05, 3.63) is 12.5 Å². The lowest BCUT2D eigenvalue weighted by atomic mass is 10.6. The molecule has 0 aliphatic carbocycles. The summed E-state index contributed by atoms with van der Waals surface area (Å²) in [6.45, 7) is 0. The Morgan fingerprint density at radius 2 is 2.44 bits per heavy atom. The molecule has 0 aliphatic heterocycles. The van der Waals surface area contributed by atoms with Crippen molar-refractivity contribution in [1.29, 1.82) is 0 Å². The van der Waals surface area contributed by atoms with Crippen LogP contribution in [0.15, 0.2) is 12.5 Å². The van der Waals surface area contributed by atoms with Gasteiger partial charge in [0, 0.05) is 6.20 Å². The third kappa shape index (κ3) is 0.543. The van der Waals surface area contributed by atoms with Gasteiger partial charge in [-0.25, -0.2) is 4.98 Å². The Bertz CT molecular complexity index is 283. The molecule has 0 saturated heterocycles. The maximum atomic E-state index is 3.87. The molecule has 0 bridgehead atoms. The van der Waals surface area contributed by atoms with E-state index >= 15 is 0 Å². The van der Waals surface area contributed by atoms with Crippen LogP contribution >= 0.6 is 0 Å². The van der Waals surface area contributed by atoms with Gasteiger partial charge in [-0.05, 0) is 0 Å². The molecule has 2 heterocycles. The van der Waals surface area contributed by atoms with E-state index in [1.165, 1.54) is 6.33 Å². The van der Waals surface area contributed by atoms with E-state index in [4.69, 9.17) is 0 Å². The van der Waals surface area contributed by atoms with Gasteiger partial charge in [-0.1, -0.05) is 0 Å². The summed E-state index contributed by atoms with van der Waals surface area (Å²) in [5, 5.41) is 13.6. The summed E-state index contributed by atoms with van der Waals surface area (Å²) in [7, 11) is 0. The molecule has 0 saturated carbocycles. The molecule has 2 aromatic rings. The topological polar surface area (TPSA) is 67.3 Å². The average Bonchev–Trinajstić information content (AvgIpc) is 2.33. The summed E-state index contributed by atoms with van der Waals surface area (Å²) in [5.74, 6) is 0. The van der Waals surface area contributed by atoms with E-state index in [9.17, 15) is 0 Å². The predicted octanol–water partition coefficient (Wildman–Crippen LogP) is -0.252. The van der Waals surface area contributed by atoms with Crippen LogP contribution in [0, 0.1) is 0 Å². The summed E-state index contributed by atoms with van der Waals surface area (Å²) >= 11 is 0. The van der Waals surface area contributed by atoms with Crippen molar-refractivity contribution < 1.29 is 0 Å². The maximum Gasteiger partial charge on any atom is 0.221 e. The number of nitrogens with one attached hydrogen (secondary N) is 1. The van der Waals surface area contributed by atoms with Crippen LogP contribution < -0.4 is 0 Å². The molecule has 9 heavy (non-hydrogen) atoms. The normalized spacial score (nSPS) is 10.2. The summed E-state index contributed by atoms with van der Waals surface area (Å²) < 4.78 is 0. The Hall–Kier alpha value is -1.52. The lowest BCUT2D eigenvalue weighted by molar-refractivity contribution is 0.993. The molecule has 44 valence electrons. The van der Waals surface area contributed by atoms with Crippen LogP contribution in [-0.4, -0.2) is 25.4 Å². The third-order valence-corrected chi connectivity index (χ3v) is 1.00. The monoisotopic (exact) mass is 121 g/mol. The van der Waals surface area contributed by atoms with Crippen LogP contribution in [0.3, 0.4) is 0 Å². The molecular weight excluding hydrogens is 118 g/mol. The highest BCUT2D eigenvalue weighted by Gasteiger charge is 1.93. The molecule has 5 heteroatoms. The zero-order chi connectivity index (χ0) is 6.10. The number of nitrogens with zero attached hydrogens (tertiary/aromatic N) is 4. The van der Waals surface area contributed by atoms with Crippen molar-refractivity contribution in [2.24, 2.45) is 0 Å². The predicted molar refractivity (Wildman–Crippen MR) is 29.5 cm³/mol. The Labute approximate surface area is 50.1 Å². The second-order valence-electron chi connectivity index (χ2n) is 1.55. The van der Waals surface area contributed by atoms with E-state index in [0.717, 1.165) is 5.52 Å². The van der Waals surface area contributed by atoms with Crippen LogP contribution in [-0.2, 0) is 0 Å². The fourth-order valence-corrected chi connectivity index (χ4v) is 0.614. The van der Waals surface area contributed by atoms with Gasteiger partial charge in [-0.2, -0.15) is 5.10 Å². The third-order valence-electron chi connectivity index (χ3n) is 1.00. The van der Waals surface area contributed by atoms with Gasteiger partial charge in [0.1, 0.15) is 11.8 Å². The van der Waals surface area contributed by atoms with Crippen molar-refractivity contribution in [3.8, 4) is 0 Å². The van der Waals surface area contributed by atoms with Gasteiger partial charge in [-0.3, -0.25) is 5.10 Å². The summed E-state index contributed by atoms with van der Waals surface area (Å²) in [4.78, 5) is 3.87. The lowest BCUT2D eigenvalue weighted by Crippen LogP contribution is -1.82. The van der Waals surface area contributed by atoms with E-state index in [1.54, 1.807) is 6.20 Å². The van der Waals surface area contributed by atoms with E-state index in [2.05, 4.69) is 25.4 Å². The maximum absolute atomic E-state index is 3.87. The second kappa shape index (κ2) is 1.48. The summed E-state index contributed by atoms with van der Waals surface area (Å²) in [6.07, 6.45) is 3.06. The second-order valence-corrected chi connectivity index (χ2v) is 1.55. The molecule has 2 rings (SSSR count). The first-order chi connectivity index (χ1) is 4.47. The smallest absolute Gasteiger partial charge is 0.221 e. The standard InChI is InChI=1S/C4H3N5/c1-3-4(8-6-1)9-7-2-5-3/h1-2H,(H,6,8,9). The van der Waals surface area contributed by atoms with Crippen molar-refractivity contribution in [2.45, 2.75) is 0 Å². The first kappa shape index (κ1) is 4.37. The summed E-state index contributed by atoms with van der Waals surface area (Å²) in [6, 6.07) is 0. The molecule has 0 fully saturated rings. The fraction of sp³-hybridized carbons (Fsp3) is 0. The molecule has 0 radical (unpaired) electrons. The Kier molecular flexibility index (Phi) is 0.717. The first-order valence-corrected chi connectivity index (χ1v) is 2.44. The van der Waals surface area contributed by atoms with Crippen molar-refractivity contribution >= 4 is 11.2 Å². The number of hydrogen-bond acceptors (Lipinski definition) is 4. The highest BCUT2D eigenvalue weighted by atomic mass is 15.2. The molecule has 0 aliphatic rings. The molecule has 1 N–H and O–H groups in total. The van der Waals surface area contributed by atoms with Crippen LogP contribution in [0.2, 0.25) is 0 Å². The molecule has 0 unspecified atom stereocenters. The highest BCUT2D eigenvalue weighted by Crippen LogP contribution is 1.97. The molecule has 0 atom stereocenters. The minimum absolute atomic E-state index is 0.553. The molecule has 5 nitrogen and oxygen atoms in total. The lowest BCUT2D eigenvalue weighted by Gasteiger charge is -1.77. The quantitative estimate of drug-likeness (QED) is 0.521. The molecule has 2 aromatic heterocycles. The van der Waals surface area contributed by atoms with Crippen LogP contribution in [0.4, 0.5) is 0 Å². The fourth-order valence-electron chi connectivity index (χ4n) is 0.614. The van der Waals surface area contributed by atoms with Gasteiger partial charge in [0.15, 0.2) is 0 Å².